The molecule has 0 N–H and O–H groups in total. The van der Waals surface area contributed by atoms with Crippen molar-refractivity contribution in [3.63, 3.8) is 0 Å². The lowest BCUT2D eigenvalue weighted by Gasteiger charge is -2.31. The summed E-state index contributed by atoms with van der Waals surface area (Å²) >= 11 is 0. The average molecular weight is 424 g/mol. The molecule has 0 unspecified atom stereocenters. The summed E-state index contributed by atoms with van der Waals surface area (Å²) < 4.78 is 61.5. The highest BCUT2D eigenvalue weighted by Crippen LogP contribution is 2.30. The number of aromatic nitrogens is 3. The molecule has 2 aromatic heterocycles. The standard InChI is InChI=1S/C19H22F2N4O3S/c1-23-12-19(22-13-23)29(26,27)25-9-5-14(6-10-25)28-17-4-2-3-16-15(17)7-8-24(16)11-18(20)21/h2-4,7-8,12-14,18H,5-6,9-11H2,1H3. The summed E-state index contributed by atoms with van der Waals surface area (Å²) in [6.45, 7) is 0.314. The molecule has 1 aliphatic heterocycles. The van der Waals surface area contributed by atoms with Crippen LogP contribution in [0.25, 0.3) is 10.9 Å². The zero-order chi connectivity index (χ0) is 20.6. The van der Waals surface area contributed by atoms with Gasteiger partial charge in [-0.3, -0.25) is 0 Å². The summed E-state index contributed by atoms with van der Waals surface area (Å²) in [6.07, 6.45) is 3.09. The minimum Gasteiger partial charge on any atom is -0.490 e. The Morgan fingerprint density at radius 1 is 1.24 bits per heavy atom. The molecular formula is C19H22F2N4O3S. The summed E-state index contributed by atoms with van der Waals surface area (Å²) in [7, 11) is -1.89. The number of ether oxygens (including phenoxy) is 1. The molecular weight excluding hydrogens is 402 g/mol. The van der Waals surface area contributed by atoms with Gasteiger partial charge in [0.2, 0.25) is 0 Å². The second-order valence-electron chi connectivity index (χ2n) is 7.15. The minimum absolute atomic E-state index is 0.0458. The number of rotatable bonds is 6. The number of alkyl halides is 2. The monoisotopic (exact) mass is 424 g/mol. The van der Waals surface area contributed by atoms with Crippen LogP contribution in [-0.4, -0.2) is 52.5 Å². The van der Waals surface area contributed by atoms with Crippen molar-refractivity contribution in [2.75, 3.05) is 13.1 Å². The zero-order valence-corrected chi connectivity index (χ0v) is 16.7. The van der Waals surface area contributed by atoms with Crippen molar-refractivity contribution in [2.45, 2.75) is 36.9 Å². The van der Waals surface area contributed by atoms with E-state index in [1.54, 1.807) is 36.0 Å². The van der Waals surface area contributed by atoms with Gasteiger partial charge in [0.05, 0.1) is 18.4 Å². The highest BCUT2D eigenvalue weighted by Gasteiger charge is 2.31. The first-order chi connectivity index (χ1) is 13.8. The van der Waals surface area contributed by atoms with Gasteiger partial charge in [-0.2, -0.15) is 4.31 Å². The van der Waals surface area contributed by atoms with E-state index in [1.165, 1.54) is 21.4 Å². The highest BCUT2D eigenvalue weighted by atomic mass is 32.2. The first-order valence-electron chi connectivity index (χ1n) is 9.35. The molecule has 156 valence electrons. The predicted octanol–water partition coefficient (Wildman–Crippen LogP) is 2.87. The van der Waals surface area contributed by atoms with E-state index in [2.05, 4.69) is 4.98 Å². The summed E-state index contributed by atoms with van der Waals surface area (Å²) in [5, 5.41) is 0.821. The number of piperidine rings is 1. The van der Waals surface area contributed by atoms with Crippen molar-refractivity contribution in [2.24, 2.45) is 7.05 Å². The first-order valence-corrected chi connectivity index (χ1v) is 10.8. The maximum atomic E-state index is 12.7. The van der Waals surface area contributed by atoms with E-state index in [0.29, 0.717) is 37.2 Å². The molecule has 0 saturated carbocycles. The summed E-state index contributed by atoms with van der Waals surface area (Å²) in [4.78, 5) is 3.95. The molecule has 29 heavy (non-hydrogen) atoms. The Kier molecular flexibility index (Phi) is 5.30. The first kappa shape index (κ1) is 19.8. The van der Waals surface area contributed by atoms with Crippen LogP contribution in [0, 0.1) is 0 Å². The second-order valence-corrected chi connectivity index (χ2v) is 9.03. The van der Waals surface area contributed by atoms with Crippen molar-refractivity contribution in [1.29, 1.82) is 0 Å². The molecule has 3 aromatic rings. The van der Waals surface area contributed by atoms with Crippen LogP contribution in [0.4, 0.5) is 8.78 Å². The fourth-order valence-corrected chi connectivity index (χ4v) is 5.07. The number of sulfonamides is 1. The number of aryl methyl sites for hydroxylation is 1. The summed E-state index contributed by atoms with van der Waals surface area (Å²) in [5.41, 5.74) is 0.693. The second kappa shape index (κ2) is 7.75. The van der Waals surface area contributed by atoms with E-state index in [0.717, 1.165) is 5.39 Å². The molecule has 1 fully saturated rings. The molecule has 10 heteroatoms. The van der Waals surface area contributed by atoms with E-state index < -0.39 is 16.4 Å². The van der Waals surface area contributed by atoms with Crippen LogP contribution in [0.1, 0.15) is 12.8 Å². The van der Waals surface area contributed by atoms with Crippen molar-refractivity contribution in [3.8, 4) is 5.75 Å². The van der Waals surface area contributed by atoms with E-state index in [4.69, 9.17) is 4.74 Å². The zero-order valence-electron chi connectivity index (χ0n) is 15.9. The van der Waals surface area contributed by atoms with Gasteiger partial charge in [0.25, 0.3) is 16.4 Å². The molecule has 0 amide bonds. The van der Waals surface area contributed by atoms with Crippen molar-refractivity contribution < 1.29 is 21.9 Å². The Morgan fingerprint density at radius 3 is 2.66 bits per heavy atom. The van der Waals surface area contributed by atoms with Crippen molar-refractivity contribution >= 4 is 20.9 Å². The lowest BCUT2D eigenvalue weighted by atomic mass is 10.1. The maximum absolute atomic E-state index is 12.7. The number of benzene rings is 1. The molecule has 1 aromatic carbocycles. The van der Waals surface area contributed by atoms with Gasteiger partial charge in [0.15, 0.2) is 5.03 Å². The van der Waals surface area contributed by atoms with E-state index in [1.807, 2.05) is 6.07 Å². The third-order valence-corrected chi connectivity index (χ3v) is 6.87. The van der Waals surface area contributed by atoms with E-state index >= 15 is 0 Å². The van der Waals surface area contributed by atoms with Crippen LogP contribution in [0.15, 0.2) is 48.0 Å². The fourth-order valence-electron chi connectivity index (χ4n) is 3.63. The number of hydrogen-bond acceptors (Lipinski definition) is 4. The lowest BCUT2D eigenvalue weighted by Crippen LogP contribution is -2.41. The van der Waals surface area contributed by atoms with Gasteiger partial charge in [0, 0.05) is 37.9 Å². The van der Waals surface area contributed by atoms with Gasteiger partial charge in [-0.15, -0.1) is 0 Å². The van der Waals surface area contributed by atoms with E-state index in [9.17, 15) is 17.2 Å². The molecule has 4 rings (SSSR count). The summed E-state index contributed by atoms with van der Waals surface area (Å²) in [5.74, 6) is 0.626. The fraction of sp³-hybridized carbons (Fsp3) is 0.421. The number of fused-ring (bicyclic) bond motifs is 1. The molecule has 0 aliphatic carbocycles. The number of hydrogen-bond donors (Lipinski definition) is 0. The third kappa shape index (κ3) is 3.99. The van der Waals surface area contributed by atoms with Gasteiger partial charge in [0.1, 0.15) is 11.9 Å². The Bertz CT molecular complexity index is 1100. The minimum atomic E-state index is -3.61. The average Bonchev–Trinajstić information content (AvgIpc) is 3.30. The molecule has 3 heterocycles. The number of nitrogens with zero attached hydrogens (tertiary/aromatic N) is 4. The molecule has 7 nitrogen and oxygen atoms in total. The SMILES string of the molecule is Cn1cnc(S(=O)(=O)N2CCC(Oc3cccc4c3ccn4CC(F)F)CC2)c1. The Morgan fingerprint density at radius 2 is 2.00 bits per heavy atom. The topological polar surface area (TPSA) is 69.4 Å². The van der Waals surface area contributed by atoms with Crippen molar-refractivity contribution in [1.82, 2.24) is 18.4 Å². The number of imidazole rings is 1. The van der Waals surface area contributed by atoms with Crippen LogP contribution in [-0.2, 0) is 23.6 Å². The molecule has 1 aliphatic rings. The van der Waals surface area contributed by atoms with Crippen LogP contribution in [0.5, 0.6) is 5.75 Å². The summed E-state index contributed by atoms with van der Waals surface area (Å²) in [6, 6.07) is 7.15. The van der Waals surface area contributed by atoms with E-state index in [-0.39, 0.29) is 17.7 Å². The third-order valence-electron chi connectivity index (χ3n) is 5.09. The van der Waals surface area contributed by atoms with Crippen LogP contribution in [0.2, 0.25) is 0 Å². The van der Waals surface area contributed by atoms with Gasteiger partial charge < -0.3 is 13.9 Å². The van der Waals surface area contributed by atoms with Crippen molar-refractivity contribution in [3.05, 3.63) is 43.0 Å². The quantitative estimate of drug-likeness (QED) is 0.610. The normalized spacial score (nSPS) is 16.7. The molecule has 0 radical (unpaired) electrons. The predicted molar refractivity (Wildman–Crippen MR) is 104 cm³/mol. The van der Waals surface area contributed by atoms with Gasteiger partial charge in [-0.25, -0.2) is 22.2 Å². The highest BCUT2D eigenvalue weighted by molar-refractivity contribution is 7.89. The van der Waals surface area contributed by atoms with Gasteiger partial charge >= 0.3 is 0 Å². The maximum Gasteiger partial charge on any atom is 0.262 e. The van der Waals surface area contributed by atoms with Crippen LogP contribution in [0.3, 0.4) is 0 Å². The smallest absolute Gasteiger partial charge is 0.262 e. The Labute approximate surface area is 167 Å². The largest absolute Gasteiger partial charge is 0.490 e. The Balaban J connectivity index is 1.44. The molecule has 0 bridgehead atoms. The molecule has 0 atom stereocenters. The Hall–Kier alpha value is -2.46. The van der Waals surface area contributed by atoms with Gasteiger partial charge in [-0.1, -0.05) is 6.07 Å². The van der Waals surface area contributed by atoms with Crippen LogP contribution >= 0.6 is 0 Å². The van der Waals surface area contributed by atoms with Gasteiger partial charge in [-0.05, 0) is 31.0 Å². The molecule has 1 saturated heterocycles. The van der Waals surface area contributed by atoms with Crippen LogP contribution < -0.4 is 4.74 Å². The number of halogens is 2. The molecule has 0 spiro atoms. The lowest BCUT2D eigenvalue weighted by molar-refractivity contribution is 0.128.